The average molecular weight is 538 g/mol. The number of aliphatic carboxylic acids is 1. The van der Waals surface area contributed by atoms with E-state index in [0.29, 0.717) is 5.56 Å². The maximum Gasteiger partial charge on any atom is 0.326 e. The third-order valence-corrected chi connectivity index (χ3v) is 6.38. The molecule has 0 fully saturated rings. The van der Waals surface area contributed by atoms with Crippen LogP contribution in [0, 0.1) is 5.92 Å². The predicted molar refractivity (Wildman–Crippen MR) is 146 cm³/mol. The molecule has 11 heteroatoms. The number of carbonyl (C=O) groups is 4. The molecule has 0 radical (unpaired) electrons. The van der Waals surface area contributed by atoms with Gasteiger partial charge in [-0.2, -0.15) is 0 Å². The van der Waals surface area contributed by atoms with E-state index in [0.717, 1.165) is 16.5 Å². The normalized spacial score (nSPS) is 14.3. The summed E-state index contributed by atoms with van der Waals surface area (Å²) in [6, 6.07) is 9.35. The monoisotopic (exact) mass is 537 g/mol. The maximum atomic E-state index is 13.3. The van der Waals surface area contributed by atoms with Gasteiger partial charge < -0.3 is 36.9 Å². The molecule has 4 unspecified atom stereocenters. The first kappa shape index (κ1) is 29.2. The average Bonchev–Trinajstić information content (AvgIpc) is 3.29. The van der Waals surface area contributed by atoms with Crippen molar-refractivity contribution in [3.05, 3.63) is 65.9 Å². The number of aromatic nitrogens is 1. The standard InChI is InChI=1S/C28H35N5O6/c1-15(2)24(27(37)32-23(28(38)39)13-18-14-30-21-7-5-4-6-20(18)21)33-26(36)22(31-25(35)16(3)29)12-17-8-10-19(34)11-9-17/h4-11,14-16,22-24,30,34H,12-13,29H2,1-3H3,(H,31,35)(H,32,37)(H,33,36)(H,38,39). The lowest BCUT2D eigenvalue weighted by atomic mass is 9.99. The van der Waals surface area contributed by atoms with Gasteiger partial charge in [0.25, 0.3) is 0 Å². The van der Waals surface area contributed by atoms with E-state index in [9.17, 15) is 29.4 Å². The third kappa shape index (κ3) is 7.81. The lowest BCUT2D eigenvalue weighted by molar-refractivity contribution is -0.142. The minimum absolute atomic E-state index is 0.0395. The molecule has 3 aromatic rings. The van der Waals surface area contributed by atoms with E-state index < -0.39 is 53.8 Å². The van der Waals surface area contributed by atoms with E-state index in [4.69, 9.17) is 5.73 Å². The molecule has 1 heterocycles. The molecule has 1 aromatic heterocycles. The van der Waals surface area contributed by atoms with E-state index in [-0.39, 0.29) is 18.6 Å². The van der Waals surface area contributed by atoms with Crippen molar-refractivity contribution in [1.82, 2.24) is 20.9 Å². The number of H-pyrrole nitrogens is 1. The zero-order valence-electron chi connectivity index (χ0n) is 22.1. The smallest absolute Gasteiger partial charge is 0.326 e. The fraction of sp³-hybridized carbons (Fsp3) is 0.357. The van der Waals surface area contributed by atoms with Gasteiger partial charge in [0, 0.05) is 29.9 Å². The molecule has 0 aliphatic heterocycles. The first-order chi connectivity index (χ1) is 18.5. The van der Waals surface area contributed by atoms with Gasteiger partial charge in [0.2, 0.25) is 17.7 Å². The Morgan fingerprint density at radius 2 is 1.49 bits per heavy atom. The SMILES string of the molecule is CC(N)C(=O)NC(Cc1ccc(O)cc1)C(=O)NC(C(=O)NC(Cc1c[nH]c2ccccc12)C(=O)O)C(C)C. The number of carboxylic acids is 1. The lowest BCUT2D eigenvalue weighted by Gasteiger charge is -2.27. The van der Waals surface area contributed by atoms with Crippen LogP contribution >= 0.6 is 0 Å². The molecule has 8 N–H and O–H groups in total. The number of rotatable bonds is 12. The van der Waals surface area contributed by atoms with Crippen LogP contribution in [0.5, 0.6) is 5.75 Å². The van der Waals surface area contributed by atoms with Crippen molar-refractivity contribution >= 4 is 34.6 Å². The van der Waals surface area contributed by atoms with Crippen molar-refractivity contribution in [2.24, 2.45) is 11.7 Å². The molecule has 11 nitrogen and oxygen atoms in total. The number of aromatic hydroxyl groups is 1. The lowest BCUT2D eigenvalue weighted by Crippen LogP contribution is -2.58. The molecule has 0 aliphatic carbocycles. The summed E-state index contributed by atoms with van der Waals surface area (Å²) in [5.41, 5.74) is 7.91. The highest BCUT2D eigenvalue weighted by atomic mass is 16.4. The van der Waals surface area contributed by atoms with Crippen LogP contribution in [0.15, 0.2) is 54.7 Å². The fourth-order valence-corrected chi connectivity index (χ4v) is 4.15. The highest BCUT2D eigenvalue weighted by molar-refractivity contribution is 5.94. The maximum absolute atomic E-state index is 13.3. The van der Waals surface area contributed by atoms with Gasteiger partial charge in [0.1, 0.15) is 23.9 Å². The van der Waals surface area contributed by atoms with Gasteiger partial charge in [-0.05, 0) is 42.2 Å². The molecule has 3 rings (SSSR count). The molecule has 4 atom stereocenters. The number of hydrogen-bond donors (Lipinski definition) is 7. The summed E-state index contributed by atoms with van der Waals surface area (Å²) < 4.78 is 0. The number of phenols is 1. The van der Waals surface area contributed by atoms with Crippen LogP contribution in [-0.2, 0) is 32.0 Å². The summed E-state index contributed by atoms with van der Waals surface area (Å²) in [5, 5.41) is 28.1. The number of aromatic amines is 1. The van der Waals surface area contributed by atoms with Gasteiger partial charge >= 0.3 is 5.97 Å². The predicted octanol–water partition coefficient (Wildman–Crippen LogP) is 1.20. The topological polar surface area (TPSA) is 187 Å². The second-order valence-corrected chi connectivity index (χ2v) is 9.91. The molecular weight excluding hydrogens is 502 g/mol. The number of carboxylic acid groups (broad SMARTS) is 1. The second kappa shape index (κ2) is 12.9. The first-order valence-electron chi connectivity index (χ1n) is 12.7. The third-order valence-electron chi connectivity index (χ3n) is 6.38. The minimum atomic E-state index is -1.24. The highest BCUT2D eigenvalue weighted by Crippen LogP contribution is 2.19. The molecule has 0 bridgehead atoms. The molecule has 0 spiro atoms. The number of para-hydroxylation sites is 1. The number of phenolic OH excluding ortho intramolecular Hbond substituents is 1. The van der Waals surface area contributed by atoms with Crippen LogP contribution in [0.2, 0.25) is 0 Å². The zero-order valence-corrected chi connectivity index (χ0v) is 22.1. The van der Waals surface area contributed by atoms with Crippen molar-refractivity contribution in [2.45, 2.75) is 57.8 Å². The Hall–Kier alpha value is -4.38. The Morgan fingerprint density at radius 1 is 0.846 bits per heavy atom. The fourth-order valence-electron chi connectivity index (χ4n) is 4.15. The summed E-state index contributed by atoms with van der Waals surface area (Å²) in [6.07, 6.45) is 1.83. The number of benzene rings is 2. The van der Waals surface area contributed by atoms with Gasteiger partial charge in [-0.15, -0.1) is 0 Å². The second-order valence-electron chi connectivity index (χ2n) is 9.91. The van der Waals surface area contributed by atoms with Gasteiger partial charge in [-0.3, -0.25) is 14.4 Å². The summed E-state index contributed by atoms with van der Waals surface area (Å²) in [5.74, 6) is -3.39. The van der Waals surface area contributed by atoms with E-state index in [1.54, 1.807) is 32.2 Å². The Kier molecular flexibility index (Phi) is 9.67. The van der Waals surface area contributed by atoms with Gasteiger partial charge in [-0.25, -0.2) is 4.79 Å². The van der Waals surface area contributed by atoms with Crippen molar-refractivity contribution in [3.8, 4) is 5.75 Å². The Morgan fingerprint density at radius 3 is 2.10 bits per heavy atom. The molecule has 39 heavy (non-hydrogen) atoms. The number of nitrogens with one attached hydrogen (secondary N) is 4. The minimum Gasteiger partial charge on any atom is -0.508 e. The number of nitrogens with two attached hydrogens (primary N) is 1. The van der Waals surface area contributed by atoms with Crippen molar-refractivity contribution in [1.29, 1.82) is 0 Å². The van der Waals surface area contributed by atoms with Gasteiger partial charge in [0.05, 0.1) is 6.04 Å². The van der Waals surface area contributed by atoms with Crippen LogP contribution in [0.4, 0.5) is 0 Å². The largest absolute Gasteiger partial charge is 0.508 e. The van der Waals surface area contributed by atoms with E-state index in [1.165, 1.54) is 19.1 Å². The van der Waals surface area contributed by atoms with Crippen molar-refractivity contribution < 1.29 is 29.4 Å². The quantitative estimate of drug-likeness (QED) is 0.181. The van der Waals surface area contributed by atoms with Gasteiger partial charge in [-0.1, -0.05) is 44.2 Å². The highest BCUT2D eigenvalue weighted by Gasteiger charge is 2.32. The molecule has 3 amide bonds. The Labute approximate surface area is 226 Å². The van der Waals surface area contributed by atoms with Crippen LogP contribution in [0.25, 0.3) is 10.9 Å². The van der Waals surface area contributed by atoms with E-state index in [1.807, 2.05) is 24.3 Å². The van der Waals surface area contributed by atoms with Crippen molar-refractivity contribution in [3.63, 3.8) is 0 Å². The molecular formula is C28H35N5O6. The van der Waals surface area contributed by atoms with Crippen LogP contribution in [0.1, 0.15) is 31.9 Å². The number of carbonyl (C=O) groups excluding carboxylic acids is 3. The Bertz CT molecular complexity index is 1320. The van der Waals surface area contributed by atoms with Crippen LogP contribution in [-0.4, -0.2) is 63.1 Å². The summed E-state index contributed by atoms with van der Waals surface area (Å²) in [7, 11) is 0. The van der Waals surface area contributed by atoms with Crippen LogP contribution in [0.3, 0.4) is 0 Å². The molecule has 0 saturated carbocycles. The number of fused-ring (bicyclic) bond motifs is 1. The molecule has 208 valence electrons. The Balaban J connectivity index is 1.76. The molecule has 2 aromatic carbocycles. The van der Waals surface area contributed by atoms with Gasteiger partial charge in [0.15, 0.2) is 0 Å². The van der Waals surface area contributed by atoms with Crippen LogP contribution < -0.4 is 21.7 Å². The van der Waals surface area contributed by atoms with E-state index >= 15 is 0 Å². The number of hydrogen-bond acceptors (Lipinski definition) is 6. The van der Waals surface area contributed by atoms with Crippen molar-refractivity contribution in [2.75, 3.05) is 0 Å². The summed E-state index contributed by atoms with van der Waals surface area (Å²) in [6.45, 7) is 4.92. The van der Waals surface area contributed by atoms with E-state index in [2.05, 4.69) is 20.9 Å². The summed E-state index contributed by atoms with van der Waals surface area (Å²) in [4.78, 5) is 54.0. The molecule has 0 aliphatic rings. The first-order valence-corrected chi connectivity index (χ1v) is 12.7. The molecule has 0 saturated heterocycles. The zero-order chi connectivity index (χ0) is 28.7. The number of amides is 3. The summed E-state index contributed by atoms with van der Waals surface area (Å²) >= 11 is 0.